The van der Waals surface area contributed by atoms with Crippen molar-refractivity contribution in [3.05, 3.63) is 34.2 Å². The van der Waals surface area contributed by atoms with E-state index in [0.717, 1.165) is 13.2 Å². The molecule has 1 aromatic carbocycles. The molecule has 0 aliphatic rings. The molecule has 21 heavy (non-hydrogen) atoms. The monoisotopic (exact) mass is 290 g/mol. The SMILES string of the molecule is CC(=O)Oc1cc2occ(C=O)c(=O)c2cc1OC(C)=O. The van der Waals surface area contributed by atoms with Crippen molar-refractivity contribution >= 4 is 29.2 Å². The fraction of sp³-hybridized carbons (Fsp3) is 0.143. The molecule has 7 nitrogen and oxygen atoms in total. The zero-order chi connectivity index (χ0) is 15.6. The molecule has 0 aliphatic heterocycles. The molecule has 0 radical (unpaired) electrons. The van der Waals surface area contributed by atoms with Crippen LogP contribution in [0.5, 0.6) is 11.5 Å². The van der Waals surface area contributed by atoms with E-state index in [1.165, 1.54) is 19.1 Å². The molecule has 2 aromatic rings. The molecule has 0 amide bonds. The van der Waals surface area contributed by atoms with Gasteiger partial charge in [0.1, 0.15) is 11.8 Å². The minimum Gasteiger partial charge on any atom is -0.463 e. The van der Waals surface area contributed by atoms with E-state index < -0.39 is 17.4 Å². The molecular weight excluding hydrogens is 280 g/mol. The van der Waals surface area contributed by atoms with Crippen LogP contribution in [0.15, 0.2) is 27.6 Å². The van der Waals surface area contributed by atoms with E-state index in [1.54, 1.807) is 0 Å². The number of rotatable bonds is 3. The van der Waals surface area contributed by atoms with E-state index >= 15 is 0 Å². The van der Waals surface area contributed by atoms with Crippen molar-refractivity contribution in [1.82, 2.24) is 0 Å². The fourth-order valence-corrected chi connectivity index (χ4v) is 1.70. The molecule has 0 N–H and O–H groups in total. The van der Waals surface area contributed by atoms with Crippen molar-refractivity contribution < 1.29 is 28.3 Å². The summed E-state index contributed by atoms with van der Waals surface area (Å²) in [5.41, 5.74) is -0.650. The van der Waals surface area contributed by atoms with Crippen LogP contribution in [0.25, 0.3) is 11.0 Å². The molecule has 0 saturated carbocycles. The van der Waals surface area contributed by atoms with Gasteiger partial charge >= 0.3 is 11.9 Å². The number of benzene rings is 1. The van der Waals surface area contributed by atoms with E-state index in [4.69, 9.17) is 13.9 Å². The Hall–Kier alpha value is -2.96. The summed E-state index contributed by atoms with van der Waals surface area (Å²) >= 11 is 0. The highest BCUT2D eigenvalue weighted by Crippen LogP contribution is 2.32. The van der Waals surface area contributed by atoms with Gasteiger partial charge in [-0.25, -0.2) is 0 Å². The lowest BCUT2D eigenvalue weighted by Crippen LogP contribution is -2.10. The lowest BCUT2D eigenvalue weighted by atomic mass is 10.1. The average molecular weight is 290 g/mol. The molecule has 0 atom stereocenters. The maximum Gasteiger partial charge on any atom is 0.308 e. The molecule has 0 bridgehead atoms. The molecule has 108 valence electrons. The molecule has 0 saturated heterocycles. The molecule has 0 fully saturated rings. The van der Waals surface area contributed by atoms with Crippen LogP contribution in [0.4, 0.5) is 0 Å². The number of esters is 2. The van der Waals surface area contributed by atoms with Gasteiger partial charge in [-0.1, -0.05) is 0 Å². The van der Waals surface area contributed by atoms with E-state index in [1.807, 2.05) is 0 Å². The summed E-state index contributed by atoms with van der Waals surface area (Å²) in [6, 6.07) is 2.43. The summed E-state index contributed by atoms with van der Waals surface area (Å²) in [7, 11) is 0. The second-order valence-electron chi connectivity index (χ2n) is 4.12. The van der Waals surface area contributed by atoms with Crippen molar-refractivity contribution in [2.24, 2.45) is 0 Å². The quantitative estimate of drug-likeness (QED) is 0.479. The normalized spacial score (nSPS) is 10.2. The number of carbonyl (C=O) groups excluding carboxylic acids is 3. The smallest absolute Gasteiger partial charge is 0.308 e. The summed E-state index contributed by atoms with van der Waals surface area (Å²) in [4.78, 5) is 44.9. The predicted octanol–water partition coefficient (Wildman–Crippen LogP) is 1.46. The van der Waals surface area contributed by atoms with Gasteiger partial charge < -0.3 is 13.9 Å². The fourth-order valence-electron chi connectivity index (χ4n) is 1.70. The third-order valence-corrected chi connectivity index (χ3v) is 2.50. The summed E-state index contributed by atoms with van der Waals surface area (Å²) in [6.45, 7) is 2.33. The average Bonchev–Trinajstić information content (AvgIpc) is 2.39. The third kappa shape index (κ3) is 2.97. The van der Waals surface area contributed by atoms with Gasteiger partial charge in [0.05, 0.1) is 10.9 Å². The highest BCUT2D eigenvalue weighted by atomic mass is 16.6. The Bertz CT molecular complexity index is 801. The van der Waals surface area contributed by atoms with Crippen LogP contribution in [0.3, 0.4) is 0 Å². The summed E-state index contributed by atoms with van der Waals surface area (Å²) in [6.07, 6.45) is 1.36. The van der Waals surface area contributed by atoms with Crippen molar-refractivity contribution in [3.8, 4) is 11.5 Å². The Balaban J connectivity index is 2.72. The largest absolute Gasteiger partial charge is 0.463 e. The maximum atomic E-state index is 12.0. The van der Waals surface area contributed by atoms with Crippen molar-refractivity contribution in [2.75, 3.05) is 0 Å². The zero-order valence-corrected chi connectivity index (χ0v) is 11.2. The van der Waals surface area contributed by atoms with Crippen molar-refractivity contribution in [2.45, 2.75) is 13.8 Å². The van der Waals surface area contributed by atoms with Crippen LogP contribution < -0.4 is 14.9 Å². The second kappa shape index (κ2) is 5.58. The minimum absolute atomic E-state index is 0.0340. The van der Waals surface area contributed by atoms with Gasteiger partial charge in [0.25, 0.3) is 0 Å². The predicted molar refractivity (Wildman–Crippen MR) is 70.5 cm³/mol. The topological polar surface area (TPSA) is 99.9 Å². The number of hydrogen-bond donors (Lipinski definition) is 0. The number of fused-ring (bicyclic) bond motifs is 1. The van der Waals surface area contributed by atoms with Gasteiger partial charge in [-0.05, 0) is 6.07 Å². The van der Waals surface area contributed by atoms with Crippen LogP contribution in [0.2, 0.25) is 0 Å². The van der Waals surface area contributed by atoms with E-state index in [2.05, 4.69) is 0 Å². The number of hydrogen-bond acceptors (Lipinski definition) is 7. The zero-order valence-electron chi connectivity index (χ0n) is 11.2. The first-order valence-corrected chi connectivity index (χ1v) is 5.84. The van der Waals surface area contributed by atoms with Gasteiger partial charge in [0, 0.05) is 19.9 Å². The summed E-state index contributed by atoms with van der Waals surface area (Å²) in [5, 5.41) is 0.0340. The van der Waals surface area contributed by atoms with Crippen molar-refractivity contribution in [1.29, 1.82) is 0 Å². The van der Waals surface area contributed by atoms with Crippen LogP contribution >= 0.6 is 0 Å². The minimum atomic E-state index is -0.654. The molecule has 7 heteroatoms. The Morgan fingerprint density at radius 1 is 1.10 bits per heavy atom. The molecule has 1 heterocycles. The maximum absolute atomic E-state index is 12.0. The lowest BCUT2D eigenvalue weighted by Gasteiger charge is -2.09. The molecule has 0 spiro atoms. The molecule has 1 aromatic heterocycles. The van der Waals surface area contributed by atoms with Gasteiger partial charge in [-0.2, -0.15) is 0 Å². The first-order chi connectivity index (χ1) is 9.92. The van der Waals surface area contributed by atoms with Crippen LogP contribution in [-0.4, -0.2) is 18.2 Å². The second-order valence-corrected chi connectivity index (χ2v) is 4.12. The third-order valence-electron chi connectivity index (χ3n) is 2.50. The number of aldehydes is 1. The Morgan fingerprint density at radius 2 is 1.67 bits per heavy atom. The van der Waals surface area contributed by atoms with Gasteiger partial charge in [-0.3, -0.25) is 19.2 Å². The molecule has 0 aliphatic carbocycles. The first kappa shape index (κ1) is 14.4. The van der Waals surface area contributed by atoms with Crippen LogP contribution in [0.1, 0.15) is 24.2 Å². The van der Waals surface area contributed by atoms with Crippen LogP contribution in [-0.2, 0) is 9.59 Å². The first-order valence-electron chi connectivity index (χ1n) is 5.84. The van der Waals surface area contributed by atoms with E-state index in [-0.39, 0.29) is 28.0 Å². The van der Waals surface area contributed by atoms with Crippen molar-refractivity contribution in [3.63, 3.8) is 0 Å². The Kier molecular flexibility index (Phi) is 3.84. The highest BCUT2D eigenvalue weighted by Gasteiger charge is 2.16. The van der Waals surface area contributed by atoms with E-state index in [9.17, 15) is 19.2 Å². The number of ether oxygens (including phenoxy) is 2. The van der Waals surface area contributed by atoms with Gasteiger partial charge in [-0.15, -0.1) is 0 Å². The Labute approximate surface area is 118 Å². The number of carbonyl (C=O) groups is 3. The Morgan fingerprint density at radius 3 is 2.19 bits per heavy atom. The van der Waals surface area contributed by atoms with E-state index in [0.29, 0.717) is 6.29 Å². The van der Waals surface area contributed by atoms with Crippen LogP contribution in [0, 0.1) is 0 Å². The standard InChI is InChI=1S/C14H10O7/c1-7(16)20-12-3-10-11(4-13(12)21-8(2)17)19-6-9(5-15)14(10)18/h3-6H,1-2H3. The van der Waals surface area contributed by atoms with Gasteiger partial charge in [0.2, 0.25) is 5.43 Å². The highest BCUT2D eigenvalue weighted by molar-refractivity contribution is 5.87. The molecular formula is C14H10O7. The van der Waals surface area contributed by atoms with Gasteiger partial charge in [0.15, 0.2) is 17.8 Å². The lowest BCUT2D eigenvalue weighted by molar-refractivity contribution is -0.134. The molecule has 2 rings (SSSR count). The summed E-state index contributed by atoms with van der Waals surface area (Å²) < 4.78 is 14.9. The summed E-state index contributed by atoms with van der Waals surface area (Å²) in [5.74, 6) is -1.46. The molecule has 0 unspecified atom stereocenters.